The van der Waals surface area contributed by atoms with Crippen molar-refractivity contribution in [3.63, 3.8) is 0 Å². The van der Waals surface area contributed by atoms with Crippen LogP contribution in [-0.2, 0) is 0 Å². The molecule has 0 radical (unpaired) electrons. The van der Waals surface area contributed by atoms with Crippen molar-refractivity contribution in [2.75, 3.05) is 26.2 Å². The van der Waals surface area contributed by atoms with Crippen LogP contribution >= 0.6 is 0 Å². The second-order valence-corrected chi connectivity index (χ2v) is 6.17. The maximum Gasteiger partial charge on any atom is 0.257 e. The molecule has 2 aromatic rings. The lowest BCUT2D eigenvalue weighted by atomic mass is 10.1. The Balaban J connectivity index is 1.71. The first-order valence-corrected chi connectivity index (χ1v) is 8.36. The maximum absolute atomic E-state index is 13.9. The third-order valence-corrected chi connectivity index (χ3v) is 4.43. The van der Waals surface area contributed by atoms with Crippen molar-refractivity contribution < 1.29 is 27.2 Å². The SMILES string of the molecule is O=C(c1ccc(F)cc1)N1CCCN(C(=O)c2ccc(F)c(F)c2F)CC1. The summed E-state index contributed by atoms with van der Waals surface area (Å²) in [4.78, 5) is 27.8. The average molecular weight is 380 g/mol. The van der Waals surface area contributed by atoms with Gasteiger partial charge in [0.05, 0.1) is 5.56 Å². The molecule has 8 heteroatoms. The second-order valence-electron chi connectivity index (χ2n) is 6.17. The quantitative estimate of drug-likeness (QED) is 0.593. The zero-order valence-corrected chi connectivity index (χ0v) is 14.2. The zero-order chi connectivity index (χ0) is 19.6. The molecule has 0 atom stereocenters. The predicted octanol–water partition coefficient (Wildman–Crippen LogP) is 3.23. The van der Waals surface area contributed by atoms with Gasteiger partial charge < -0.3 is 9.80 Å². The summed E-state index contributed by atoms with van der Waals surface area (Å²) in [6, 6.07) is 6.74. The van der Waals surface area contributed by atoms with Gasteiger partial charge in [-0.15, -0.1) is 0 Å². The minimum absolute atomic E-state index is 0.115. The highest BCUT2D eigenvalue weighted by molar-refractivity contribution is 5.95. The van der Waals surface area contributed by atoms with Gasteiger partial charge in [-0.1, -0.05) is 0 Å². The van der Waals surface area contributed by atoms with Crippen LogP contribution in [-0.4, -0.2) is 47.8 Å². The Kier molecular flexibility index (Phi) is 5.43. The average Bonchev–Trinajstić information content (AvgIpc) is 2.92. The molecule has 2 aromatic carbocycles. The zero-order valence-electron chi connectivity index (χ0n) is 14.2. The largest absolute Gasteiger partial charge is 0.337 e. The minimum atomic E-state index is -1.69. The number of hydrogen-bond acceptors (Lipinski definition) is 2. The smallest absolute Gasteiger partial charge is 0.257 e. The molecule has 142 valence electrons. The number of amides is 2. The van der Waals surface area contributed by atoms with E-state index in [2.05, 4.69) is 0 Å². The summed E-state index contributed by atoms with van der Waals surface area (Å²) in [5.74, 6) is -6.10. The Bertz CT molecular complexity index is 871. The predicted molar refractivity (Wildman–Crippen MR) is 89.1 cm³/mol. The molecule has 0 spiro atoms. The van der Waals surface area contributed by atoms with Gasteiger partial charge in [0, 0.05) is 31.7 Å². The number of hydrogen-bond donors (Lipinski definition) is 0. The van der Waals surface area contributed by atoms with Gasteiger partial charge in [0.2, 0.25) is 0 Å². The van der Waals surface area contributed by atoms with Crippen molar-refractivity contribution in [3.05, 3.63) is 70.8 Å². The monoisotopic (exact) mass is 380 g/mol. The molecule has 0 aromatic heterocycles. The van der Waals surface area contributed by atoms with Gasteiger partial charge in [0.25, 0.3) is 11.8 Å². The van der Waals surface area contributed by atoms with E-state index in [1.54, 1.807) is 0 Å². The molecule has 3 rings (SSSR count). The van der Waals surface area contributed by atoms with Crippen LogP contribution < -0.4 is 0 Å². The van der Waals surface area contributed by atoms with Gasteiger partial charge in [-0.2, -0.15) is 0 Å². The van der Waals surface area contributed by atoms with Crippen LogP contribution in [0.3, 0.4) is 0 Å². The molecule has 4 nitrogen and oxygen atoms in total. The van der Waals surface area contributed by atoms with Crippen LogP contribution in [0.5, 0.6) is 0 Å². The Hall–Kier alpha value is -2.90. The van der Waals surface area contributed by atoms with Crippen molar-refractivity contribution >= 4 is 11.8 Å². The lowest BCUT2D eigenvalue weighted by Gasteiger charge is -2.22. The molecule has 0 unspecified atom stereocenters. The molecule has 0 N–H and O–H groups in total. The molecule has 27 heavy (non-hydrogen) atoms. The van der Waals surface area contributed by atoms with Gasteiger partial charge in [-0.05, 0) is 42.8 Å². The fourth-order valence-electron chi connectivity index (χ4n) is 2.96. The third-order valence-electron chi connectivity index (χ3n) is 4.43. The first-order chi connectivity index (χ1) is 12.9. The summed E-state index contributed by atoms with van der Waals surface area (Å²) in [7, 11) is 0. The van der Waals surface area contributed by atoms with Gasteiger partial charge in [-0.3, -0.25) is 9.59 Å². The fraction of sp³-hybridized carbons (Fsp3) is 0.263. The number of carbonyl (C=O) groups excluding carboxylic acids is 2. The molecular formula is C19H16F4N2O2. The summed E-state index contributed by atoms with van der Waals surface area (Å²) in [5, 5.41) is 0. The lowest BCUT2D eigenvalue weighted by Crippen LogP contribution is -2.37. The van der Waals surface area contributed by atoms with Crippen LogP contribution in [0.4, 0.5) is 17.6 Å². The van der Waals surface area contributed by atoms with E-state index in [1.807, 2.05) is 0 Å². The van der Waals surface area contributed by atoms with E-state index < -0.39 is 34.7 Å². The van der Waals surface area contributed by atoms with E-state index in [0.717, 1.165) is 6.07 Å². The Morgan fingerprint density at radius 1 is 0.704 bits per heavy atom. The van der Waals surface area contributed by atoms with Gasteiger partial charge >= 0.3 is 0 Å². The fourth-order valence-corrected chi connectivity index (χ4v) is 2.96. The summed E-state index contributed by atoms with van der Waals surface area (Å²) in [5.41, 5.74) is -0.227. The van der Waals surface area contributed by atoms with E-state index in [9.17, 15) is 27.2 Å². The molecule has 1 heterocycles. The standard InChI is InChI=1S/C19H16F4N2O2/c20-13-4-2-12(3-5-13)18(26)24-8-1-9-25(11-10-24)19(27)14-6-7-15(21)17(23)16(14)22/h2-7H,1,8-11H2. The van der Waals surface area contributed by atoms with E-state index in [-0.39, 0.29) is 25.5 Å². The summed E-state index contributed by atoms with van der Waals surface area (Å²) in [6.07, 6.45) is 0.434. The van der Waals surface area contributed by atoms with E-state index in [4.69, 9.17) is 0 Å². The number of nitrogens with zero attached hydrogens (tertiary/aromatic N) is 2. The Labute approximate surface area is 153 Å². The van der Waals surface area contributed by atoms with Crippen molar-refractivity contribution in [3.8, 4) is 0 Å². The molecule has 2 amide bonds. The van der Waals surface area contributed by atoms with Crippen molar-refractivity contribution in [1.29, 1.82) is 0 Å². The van der Waals surface area contributed by atoms with E-state index >= 15 is 0 Å². The highest BCUT2D eigenvalue weighted by Gasteiger charge is 2.26. The number of halogens is 4. The lowest BCUT2D eigenvalue weighted by molar-refractivity contribution is 0.0715. The number of rotatable bonds is 2. The molecule has 0 bridgehead atoms. The normalized spacial score (nSPS) is 14.8. The topological polar surface area (TPSA) is 40.6 Å². The summed E-state index contributed by atoms with van der Waals surface area (Å²) in [6.45, 7) is 0.905. The Morgan fingerprint density at radius 3 is 1.93 bits per heavy atom. The van der Waals surface area contributed by atoms with Crippen molar-refractivity contribution in [1.82, 2.24) is 9.80 Å². The highest BCUT2D eigenvalue weighted by Crippen LogP contribution is 2.18. The van der Waals surface area contributed by atoms with Crippen molar-refractivity contribution in [2.24, 2.45) is 0 Å². The number of benzene rings is 2. The maximum atomic E-state index is 13.9. The molecule has 0 saturated carbocycles. The minimum Gasteiger partial charge on any atom is -0.337 e. The molecular weight excluding hydrogens is 364 g/mol. The number of carbonyl (C=O) groups is 2. The van der Waals surface area contributed by atoms with Gasteiger partial charge in [-0.25, -0.2) is 17.6 Å². The summed E-state index contributed by atoms with van der Waals surface area (Å²) < 4.78 is 53.3. The Morgan fingerprint density at radius 2 is 1.30 bits per heavy atom. The van der Waals surface area contributed by atoms with Crippen LogP contribution in [0.25, 0.3) is 0 Å². The van der Waals surface area contributed by atoms with E-state index in [1.165, 1.54) is 34.1 Å². The molecule has 1 fully saturated rings. The van der Waals surface area contributed by atoms with Crippen LogP contribution in [0.15, 0.2) is 36.4 Å². The van der Waals surface area contributed by atoms with E-state index in [0.29, 0.717) is 24.6 Å². The molecule has 0 aliphatic carbocycles. The summed E-state index contributed by atoms with van der Waals surface area (Å²) >= 11 is 0. The van der Waals surface area contributed by atoms with Crippen LogP contribution in [0.2, 0.25) is 0 Å². The highest BCUT2D eigenvalue weighted by atomic mass is 19.2. The van der Waals surface area contributed by atoms with Gasteiger partial charge in [0.1, 0.15) is 5.82 Å². The first-order valence-electron chi connectivity index (χ1n) is 8.36. The molecule has 1 aliphatic rings. The second kappa shape index (κ2) is 7.77. The molecule has 1 aliphatic heterocycles. The van der Waals surface area contributed by atoms with Crippen molar-refractivity contribution in [2.45, 2.75) is 6.42 Å². The van der Waals surface area contributed by atoms with Crippen LogP contribution in [0, 0.1) is 23.3 Å². The molecule has 1 saturated heterocycles. The first kappa shape index (κ1) is 18.9. The van der Waals surface area contributed by atoms with Crippen LogP contribution in [0.1, 0.15) is 27.1 Å². The third kappa shape index (κ3) is 3.94. The van der Waals surface area contributed by atoms with Gasteiger partial charge in [0.15, 0.2) is 17.5 Å².